The van der Waals surface area contributed by atoms with Crippen LogP contribution in [0.3, 0.4) is 0 Å². The van der Waals surface area contributed by atoms with Gasteiger partial charge in [-0.15, -0.1) is 0 Å². The average molecular weight is 290 g/mol. The number of halogens is 2. The first-order chi connectivity index (χ1) is 8.90. The molecule has 8 heteroatoms. The van der Waals surface area contributed by atoms with Crippen LogP contribution in [0.4, 0.5) is 8.78 Å². The van der Waals surface area contributed by atoms with Crippen molar-refractivity contribution in [3.63, 3.8) is 0 Å². The van der Waals surface area contributed by atoms with Crippen LogP contribution in [0, 0.1) is 11.6 Å². The van der Waals surface area contributed by atoms with E-state index in [-0.39, 0.29) is 0 Å². The van der Waals surface area contributed by atoms with Gasteiger partial charge in [0.1, 0.15) is 6.04 Å². The van der Waals surface area contributed by atoms with Crippen LogP contribution in [-0.2, 0) is 14.8 Å². The summed E-state index contributed by atoms with van der Waals surface area (Å²) >= 11 is 0. The van der Waals surface area contributed by atoms with Gasteiger partial charge in [0, 0.05) is 6.54 Å². The van der Waals surface area contributed by atoms with Gasteiger partial charge in [-0.2, -0.15) is 4.72 Å². The molecule has 1 aliphatic heterocycles. The van der Waals surface area contributed by atoms with E-state index in [0.29, 0.717) is 25.5 Å². The predicted molar refractivity (Wildman–Crippen MR) is 62.7 cm³/mol. The molecule has 1 aliphatic rings. The zero-order chi connectivity index (χ0) is 14.0. The molecule has 2 rings (SSSR count). The summed E-state index contributed by atoms with van der Waals surface area (Å²) in [5.74, 6) is -2.80. The standard InChI is InChI=1S/C11H12F2N2O3S/c12-8-4-3-7(6-9(8)13)19(17,18)15-10-2-1-5-14-11(10)16/h3-4,6,10,15H,1-2,5H2,(H,14,16). The summed E-state index contributed by atoms with van der Waals surface area (Å²) in [6, 6.07) is 1.37. The summed E-state index contributed by atoms with van der Waals surface area (Å²) in [6.45, 7) is 0.502. The second kappa shape index (κ2) is 5.22. The normalized spacial score (nSPS) is 20.1. The van der Waals surface area contributed by atoms with E-state index in [2.05, 4.69) is 10.0 Å². The molecule has 1 heterocycles. The lowest BCUT2D eigenvalue weighted by Crippen LogP contribution is -2.50. The monoisotopic (exact) mass is 290 g/mol. The lowest BCUT2D eigenvalue weighted by molar-refractivity contribution is -0.124. The van der Waals surface area contributed by atoms with Crippen molar-refractivity contribution in [2.45, 2.75) is 23.8 Å². The predicted octanol–water partition coefficient (Wildman–Crippen LogP) is 0.522. The molecule has 5 nitrogen and oxygen atoms in total. The number of hydrogen-bond donors (Lipinski definition) is 2. The molecule has 19 heavy (non-hydrogen) atoms. The Labute approximate surface area is 109 Å². The minimum Gasteiger partial charge on any atom is -0.355 e. The molecule has 1 aromatic carbocycles. The Morgan fingerprint density at radius 1 is 1.26 bits per heavy atom. The molecule has 1 saturated heterocycles. The number of nitrogens with one attached hydrogen (secondary N) is 2. The molecule has 0 radical (unpaired) electrons. The molecule has 1 fully saturated rings. The highest BCUT2D eigenvalue weighted by Gasteiger charge is 2.28. The van der Waals surface area contributed by atoms with Crippen molar-refractivity contribution in [1.82, 2.24) is 10.0 Å². The molecule has 1 unspecified atom stereocenters. The molecule has 0 aromatic heterocycles. The zero-order valence-corrected chi connectivity index (χ0v) is 10.6. The Bertz CT molecular complexity index is 604. The second-order valence-electron chi connectivity index (χ2n) is 4.18. The number of sulfonamides is 1. The van der Waals surface area contributed by atoms with Gasteiger partial charge in [0.2, 0.25) is 15.9 Å². The largest absolute Gasteiger partial charge is 0.355 e. The summed E-state index contributed by atoms with van der Waals surface area (Å²) in [5, 5.41) is 2.53. The van der Waals surface area contributed by atoms with E-state index in [0.717, 1.165) is 12.1 Å². The highest BCUT2D eigenvalue weighted by molar-refractivity contribution is 7.89. The number of amides is 1. The van der Waals surface area contributed by atoms with Crippen molar-refractivity contribution < 1.29 is 22.0 Å². The maximum Gasteiger partial charge on any atom is 0.241 e. The van der Waals surface area contributed by atoms with Crippen molar-refractivity contribution in [3.8, 4) is 0 Å². The zero-order valence-electron chi connectivity index (χ0n) is 9.82. The SMILES string of the molecule is O=C1NCCCC1NS(=O)(=O)c1ccc(F)c(F)c1. The Hall–Kier alpha value is -1.54. The molecule has 2 N–H and O–H groups in total. The van der Waals surface area contributed by atoms with Crippen molar-refractivity contribution in [2.24, 2.45) is 0 Å². The third-order valence-corrected chi connectivity index (χ3v) is 4.25. The van der Waals surface area contributed by atoms with Gasteiger partial charge in [-0.05, 0) is 31.0 Å². The molecule has 0 saturated carbocycles. The van der Waals surface area contributed by atoms with Crippen LogP contribution < -0.4 is 10.0 Å². The first kappa shape index (κ1) is 13.9. The summed E-state index contributed by atoms with van der Waals surface area (Å²) in [5.41, 5.74) is 0. The van der Waals surface area contributed by atoms with Gasteiger partial charge in [-0.3, -0.25) is 4.79 Å². The molecule has 1 atom stereocenters. The van der Waals surface area contributed by atoms with Crippen LogP contribution in [-0.4, -0.2) is 26.9 Å². The van der Waals surface area contributed by atoms with Crippen molar-refractivity contribution in [3.05, 3.63) is 29.8 Å². The van der Waals surface area contributed by atoms with Gasteiger partial charge in [-0.1, -0.05) is 0 Å². The van der Waals surface area contributed by atoms with E-state index in [1.165, 1.54) is 0 Å². The molecule has 1 amide bonds. The maximum atomic E-state index is 13.0. The quantitative estimate of drug-likeness (QED) is 0.852. The van der Waals surface area contributed by atoms with Crippen molar-refractivity contribution in [1.29, 1.82) is 0 Å². The summed E-state index contributed by atoms with van der Waals surface area (Å²) in [7, 11) is -4.05. The number of hydrogen-bond acceptors (Lipinski definition) is 3. The van der Waals surface area contributed by atoms with Crippen LogP contribution in [0.15, 0.2) is 23.1 Å². The molecular formula is C11H12F2N2O3S. The van der Waals surface area contributed by atoms with Gasteiger partial charge in [0.15, 0.2) is 11.6 Å². The number of rotatable bonds is 3. The number of carbonyl (C=O) groups is 1. The van der Waals surface area contributed by atoms with E-state index in [9.17, 15) is 22.0 Å². The van der Waals surface area contributed by atoms with Gasteiger partial charge in [-0.25, -0.2) is 17.2 Å². The lowest BCUT2D eigenvalue weighted by Gasteiger charge is -2.22. The van der Waals surface area contributed by atoms with E-state index in [1.807, 2.05) is 0 Å². The smallest absolute Gasteiger partial charge is 0.241 e. The Balaban J connectivity index is 2.22. The van der Waals surface area contributed by atoms with E-state index < -0.39 is 38.5 Å². The number of benzene rings is 1. The highest BCUT2D eigenvalue weighted by atomic mass is 32.2. The summed E-state index contributed by atoms with van der Waals surface area (Å²) in [6.07, 6.45) is 1.02. The summed E-state index contributed by atoms with van der Waals surface area (Å²) < 4.78 is 51.8. The minimum absolute atomic E-state index is 0.370. The van der Waals surface area contributed by atoms with Gasteiger partial charge in [0.05, 0.1) is 4.90 Å². The van der Waals surface area contributed by atoms with Crippen LogP contribution in [0.5, 0.6) is 0 Å². The molecular weight excluding hydrogens is 278 g/mol. The number of carbonyl (C=O) groups excluding carboxylic acids is 1. The average Bonchev–Trinajstić information content (AvgIpc) is 2.35. The molecule has 1 aromatic rings. The number of piperidine rings is 1. The van der Waals surface area contributed by atoms with E-state index in [4.69, 9.17) is 0 Å². The van der Waals surface area contributed by atoms with Crippen LogP contribution in [0.1, 0.15) is 12.8 Å². The van der Waals surface area contributed by atoms with E-state index in [1.54, 1.807) is 0 Å². The van der Waals surface area contributed by atoms with Gasteiger partial charge < -0.3 is 5.32 Å². The van der Waals surface area contributed by atoms with Crippen LogP contribution in [0.2, 0.25) is 0 Å². The topological polar surface area (TPSA) is 75.3 Å². The fraction of sp³-hybridized carbons (Fsp3) is 0.364. The fourth-order valence-corrected chi connectivity index (χ4v) is 3.03. The van der Waals surface area contributed by atoms with Gasteiger partial charge >= 0.3 is 0 Å². The van der Waals surface area contributed by atoms with Gasteiger partial charge in [0.25, 0.3) is 0 Å². The molecule has 0 bridgehead atoms. The Morgan fingerprint density at radius 3 is 2.63 bits per heavy atom. The molecule has 104 valence electrons. The summed E-state index contributed by atoms with van der Waals surface area (Å²) in [4.78, 5) is 11.0. The first-order valence-corrected chi connectivity index (χ1v) is 7.13. The lowest BCUT2D eigenvalue weighted by atomic mass is 10.1. The third kappa shape index (κ3) is 3.07. The third-order valence-electron chi connectivity index (χ3n) is 2.78. The Morgan fingerprint density at radius 2 is 2.00 bits per heavy atom. The van der Waals surface area contributed by atoms with Crippen molar-refractivity contribution in [2.75, 3.05) is 6.54 Å². The van der Waals surface area contributed by atoms with E-state index >= 15 is 0 Å². The van der Waals surface area contributed by atoms with Crippen LogP contribution >= 0.6 is 0 Å². The minimum atomic E-state index is -4.05. The second-order valence-corrected chi connectivity index (χ2v) is 5.90. The fourth-order valence-electron chi connectivity index (χ4n) is 1.78. The molecule has 0 aliphatic carbocycles. The maximum absolute atomic E-state index is 13.0. The first-order valence-electron chi connectivity index (χ1n) is 5.65. The Kier molecular flexibility index (Phi) is 3.81. The molecule has 0 spiro atoms. The highest BCUT2D eigenvalue weighted by Crippen LogP contribution is 2.15. The van der Waals surface area contributed by atoms with Crippen LogP contribution in [0.25, 0.3) is 0 Å². The van der Waals surface area contributed by atoms with Crippen molar-refractivity contribution >= 4 is 15.9 Å².